The molecule has 2 N–H and O–H groups in total. The van der Waals surface area contributed by atoms with E-state index in [-0.39, 0.29) is 18.6 Å². The smallest absolute Gasteiger partial charge is 0.238 e. The quantitative estimate of drug-likeness (QED) is 0.804. The maximum atomic E-state index is 11.9. The summed E-state index contributed by atoms with van der Waals surface area (Å²) in [5.74, 6) is -0.0163. The standard InChI is InChI=1S/C13H17IN2O2/c14-10-3-1-4-11(7-10)15-13(18)8-16-6-2-5-12(16)9-17/h1,3-4,7,12,17H,2,5-6,8-9H2,(H,15,18). The maximum absolute atomic E-state index is 11.9. The van der Waals surface area contributed by atoms with Crippen LogP contribution in [0.1, 0.15) is 12.8 Å². The Bertz CT molecular complexity index is 425. The molecule has 1 aromatic rings. The lowest BCUT2D eigenvalue weighted by molar-refractivity contribution is -0.117. The van der Waals surface area contributed by atoms with Gasteiger partial charge in [-0.3, -0.25) is 9.69 Å². The molecule has 1 atom stereocenters. The molecule has 98 valence electrons. The Morgan fingerprint density at radius 1 is 1.56 bits per heavy atom. The molecule has 1 amide bonds. The van der Waals surface area contributed by atoms with Crippen LogP contribution in [0, 0.1) is 3.57 Å². The maximum Gasteiger partial charge on any atom is 0.238 e. The van der Waals surface area contributed by atoms with Crippen LogP contribution in [0.3, 0.4) is 0 Å². The second kappa shape index (κ2) is 6.49. The van der Waals surface area contributed by atoms with E-state index in [1.165, 1.54) is 0 Å². The first-order chi connectivity index (χ1) is 8.69. The molecule has 5 heteroatoms. The topological polar surface area (TPSA) is 52.6 Å². The first-order valence-electron chi connectivity index (χ1n) is 6.09. The van der Waals surface area contributed by atoms with Gasteiger partial charge in [-0.15, -0.1) is 0 Å². The van der Waals surface area contributed by atoms with Crippen molar-refractivity contribution in [3.05, 3.63) is 27.8 Å². The highest BCUT2D eigenvalue weighted by Gasteiger charge is 2.25. The van der Waals surface area contributed by atoms with Gasteiger partial charge in [-0.1, -0.05) is 6.07 Å². The number of likely N-dealkylation sites (tertiary alicyclic amines) is 1. The Kier molecular flexibility index (Phi) is 4.96. The molecule has 1 aromatic carbocycles. The summed E-state index contributed by atoms with van der Waals surface area (Å²) in [4.78, 5) is 13.9. The number of anilines is 1. The molecule has 4 nitrogen and oxygen atoms in total. The average Bonchev–Trinajstić information content (AvgIpc) is 2.76. The molecule has 1 fully saturated rings. The van der Waals surface area contributed by atoms with Crippen LogP contribution in [0.5, 0.6) is 0 Å². The normalized spacial score (nSPS) is 20.0. The van der Waals surface area contributed by atoms with E-state index >= 15 is 0 Å². The van der Waals surface area contributed by atoms with Gasteiger partial charge in [0.05, 0.1) is 13.2 Å². The van der Waals surface area contributed by atoms with Crippen molar-refractivity contribution >= 4 is 34.2 Å². The van der Waals surface area contributed by atoms with Crippen LogP contribution in [0.4, 0.5) is 5.69 Å². The predicted octanol–water partition coefficient (Wildman–Crippen LogP) is 1.69. The number of halogens is 1. The van der Waals surface area contributed by atoms with Crippen molar-refractivity contribution in [3.63, 3.8) is 0 Å². The number of nitrogens with one attached hydrogen (secondary N) is 1. The van der Waals surface area contributed by atoms with Gasteiger partial charge in [-0.2, -0.15) is 0 Å². The Balaban J connectivity index is 1.89. The summed E-state index contributed by atoms with van der Waals surface area (Å²) in [6.07, 6.45) is 2.04. The molecule has 1 aliphatic heterocycles. The lowest BCUT2D eigenvalue weighted by Gasteiger charge is -2.21. The fourth-order valence-electron chi connectivity index (χ4n) is 2.26. The number of benzene rings is 1. The van der Waals surface area contributed by atoms with Gasteiger partial charge in [0.2, 0.25) is 5.91 Å². The molecule has 0 aliphatic carbocycles. The van der Waals surface area contributed by atoms with Gasteiger partial charge in [0.15, 0.2) is 0 Å². The fourth-order valence-corrected chi connectivity index (χ4v) is 2.80. The van der Waals surface area contributed by atoms with E-state index in [2.05, 4.69) is 27.9 Å². The van der Waals surface area contributed by atoms with Gasteiger partial charge in [0, 0.05) is 15.3 Å². The first-order valence-corrected chi connectivity index (χ1v) is 7.17. The van der Waals surface area contributed by atoms with Crippen molar-refractivity contribution < 1.29 is 9.90 Å². The zero-order valence-electron chi connectivity index (χ0n) is 10.1. The minimum Gasteiger partial charge on any atom is -0.395 e. The van der Waals surface area contributed by atoms with E-state index in [0.29, 0.717) is 6.54 Å². The first kappa shape index (κ1) is 13.8. The average molecular weight is 360 g/mol. The largest absolute Gasteiger partial charge is 0.395 e. The molecule has 0 saturated carbocycles. The molecule has 2 rings (SSSR count). The molecule has 0 bridgehead atoms. The van der Waals surface area contributed by atoms with Crippen molar-refractivity contribution in [2.75, 3.05) is 25.0 Å². The molecule has 1 aliphatic rings. The molecule has 1 saturated heterocycles. The molecule has 0 aromatic heterocycles. The van der Waals surface area contributed by atoms with Gasteiger partial charge in [0.1, 0.15) is 0 Å². The number of carbonyl (C=O) groups is 1. The van der Waals surface area contributed by atoms with Crippen LogP contribution in [0.15, 0.2) is 24.3 Å². The highest BCUT2D eigenvalue weighted by molar-refractivity contribution is 14.1. The van der Waals surface area contributed by atoms with Crippen LogP contribution in [0.25, 0.3) is 0 Å². The number of aliphatic hydroxyl groups is 1. The van der Waals surface area contributed by atoms with Gasteiger partial charge < -0.3 is 10.4 Å². The van der Waals surface area contributed by atoms with E-state index in [9.17, 15) is 9.90 Å². The number of rotatable bonds is 4. The molecular weight excluding hydrogens is 343 g/mol. The third-order valence-corrected chi connectivity index (χ3v) is 3.84. The van der Waals surface area contributed by atoms with E-state index in [1.54, 1.807) is 0 Å². The SMILES string of the molecule is O=C(CN1CCCC1CO)Nc1cccc(I)c1. The van der Waals surface area contributed by atoms with Crippen LogP contribution < -0.4 is 5.32 Å². The van der Waals surface area contributed by atoms with Gasteiger partial charge in [0.25, 0.3) is 0 Å². The van der Waals surface area contributed by atoms with Crippen LogP contribution in [0.2, 0.25) is 0 Å². The fraction of sp³-hybridized carbons (Fsp3) is 0.462. The second-order valence-corrected chi connectivity index (χ2v) is 5.75. The van der Waals surface area contributed by atoms with Gasteiger partial charge in [-0.25, -0.2) is 0 Å². The van der Waals surface area contributed by atoms with Crippen molar-refractivity contribution in [3.8, 4) is 0 Å². The lowest BCUT2D eigenvalue weighted by atomic mass is 10.2. The number of hydrogen-bond acceptors (Lipinski definition) is 3. The summed E-state index contributed by atoms with van der Waals surface area (Å²) in [6.45, 7) is 1.39. The summed E-state index contributed by atoms with van der Waals surface area (Å²) in [5.41, 5.74) is 0.826. The Morgan fingerprint density at radius 3 is 3.11 bits per heavy atom. The van der Waals surface area contributed by atoms with Crippen LogP contribution in [-0.2, 0) is 4.79 Å². The minimum atomic E-state index is -0.0163. The Hall–Kier alpha value is -0.660. The lowest BCUT2D eigenvalue weighted by Crippen LogP contribution is -2.38. The Labute approximate surface area is 121 Å². The summed E-state index contributed by atoms with van der Waals surface area (Å²) < 4.78 is 1.10. The third kappa shape index (κ3) is 3.66. The molecule has 1 unspecified atom stereocenters. The van der Waals surface area contributed by atoms with E-state index in [1.807, 2.05) is 29.2 Å². The summed E-state index contributed by atoms with van der Waals surface area (Å²) in [7, 11) is 0. The molecule has 0 spiro atoms. The van der Waals surface area contributed by atoms with Crippen molar-refractivity contribution in [1.82, 2.24) is 4.90 Å². The third-order valence-electron chi connectivity index (χ3n) is 3.16. The number of carbonyl (C=O) groups excluding carboxylic acids is 1. The van der Waals surface area contributed by atoms with Crippen LogP contribution >= 0.6 is 22.6 Å². The van der Waals surface area contributed by atoms with Crippen molar-refractivity contribution in [2.45, 2.75) is 18.9 Å². The monoisotopic (exact) mass is 360 g/mol. The molecule has 1 heterocycles. The van der Waals surface area contributed by atoms with Crippen molar-refractivity contribution in [2.24, 2.45) is 0 Å². The second-order valence-electron chi connectivity index (χ2n) is 4.51. The molecule has 18 heavy (non-hydrogen) atoms. The van der Waals surface area contributed by atoms with E-state index < -0.39 is 0 Å². The highest BCUT2D eigenvalue weighted by atomic mass is 127. The van der Waals surface area contributed by atoms with E-state index in [4.69, 9.17) is 0 Å². The van der Waals surface area contributed by atoms with E-state index in [0.717, 1.165) is 28.6 Å². The highest BCUT2D eigenvalue weighted by Crippen LogP contribution is 2.17. The van der Waals surface area contributed by atoms with Gasteiger partial charge in [-0.05, 0) is 60.2 Å². The Morgan fingerprint density at radius 2 is 2.39 bits per heavy atom. The minimum absolute atomic E-state index is 0.0163. The molecule has 0 radical (unpaired) electrons. The van der Waals surface area contributed by atoms with Gasteiger partial charge >= 0.3 is 0 Å². The molecular formula is C13H17IN2O2. The number of nitrogens with zero attached hydrogens (tertiary/aromatic N) is 1. The summed E-state index contributed by atoms with van der Waals surface area (Å²) in [5, 5.41) is 12.1. The zero-order chi connectivity index (χ0) is 13.0. The zero-order valence-corrected chi connectivity index (χ0v) is 12.3. The summed E-state index contributed by atoms with van der Waals surface area (Å²) in [6, 6.07) is 7.87. The number of aliphatic hydroxyl groups excluding tert-OH is 1. The number of hydrogen-bond donors (Lipinski definition) is 2. The number of amides is 1. The van der Waals surface area contributed by atoms with Crippen LogP contribution in [-0.4, -0.2) is 41.7 Å². The summed E-state index contributed by atoms with van der Waals surface area (Å²) >= 11 is 2.22. The predicted molar refractivity (Wildman–Crippen MR) is 79.5 cm³/mol. The van der Waals surface area contributed by atoms with Crippen molar-refractivity contribution in [1.29, 1.82) is 0 Å².